The summed E-state index contributed by atoms with van der Waals surface area (Å²) >= 11 is 0. The van der Waals surface area contributed by atoms with Gasteiger partial charge in [-0.1, -0.05) is 24.3 Å². The number of aryl methyl sites for hydroxylation is 1. The molecule has 0 amide bonds. The summed E-state index contributed by atoms with van der Waals surface area (Å²) in [6.07, 6.45) is 0. The second kappa shape index (κ2) is 6.20. The van der Waals surface area contributed by atoms with Gasteiger partial charge in [0.25, 0.3) is 0 Å². The summed E-state index contributed by atoms with van der Waals surface area (Å²) in [5.74, 6) is -0.183. The summed E-state index contributed by atoms with van der Waals surface area (Å²) in [5, 5.41) is 12.1. The molecule has 2 aromatic carbocycles. The Morgan fingerprint density at radius 2 is 1.83 bits per heavy atom. The van der Waals surface area contributed by atoms with Crippen molar-refractivity contribution in [2.45, 2.75) is 6.92 Å². The predicted octanol–water partition coefficient (Wildman–Crippen LogP) is 2.59. The zero-order valence-electron chi connectivity index (χ0n) is 13.6. The standard InChI is InChI=1S/C19H17NO4/c1-11-6-4-7-12-14(19(21)22)10-15(20-17(11)12)13-8-5-9-16(23-2)18(13)24-3/h4-10H,1-3H3,(H,21,22)/p-1. The first-order valence-corrected chi connectivity index (χ1v) is 7.40. The maximum absolute atomic E-state index is 11.6. The highest BCUT2D eigenvalue weighted by molar-refractivity contribution is 6.03. The Hall–Kier alpha value is -3.08. The van der Waals surface area contributed by atoms with E-state index in [9.17, 15) is 9.90 Å². The minimum absolute atomic E-state index is 0.101. The molecule has 0 aliphatic rings. The quantitative estimate of drug-likeness (QED) is 0.738. The van der Waals surface area contributed by atoms with Crippen molar-refractivity contribution in [1.29, 1.82) is 0 Å². The lowest BCUT2D eigenvalue weighted by atomic mass is 10.0. The van der Waals surface area contributed by atoms with E-state index in [4.69, 9.17) is 9.47 Å². The number of carbonyl (C=O) groups excluding carboxylic acids is 1. The van der Waals surface area contributed by atoms with Crippen molar-refractivity contribution in [2.24, 2.45) is 0 Å². The van der Waals surface area contributed by atoms with Crippen molar-refractivity contribution < 1.29 is 19.4 Å². The van der Waals surface area contributed by atoms with Crippen LogP contribution in [0.3, 0.4) is 0 Å². The molecule has 1 aromatic heterocycles. The van der Waals surface area contributed by atoms with E-state index >= 15 is 0 Å². The summed E-state index contributed by atoms with van der Waals surface area (Å²) in [5.41, 5.74) is 2.76. The van der Waals surface area contributed by atoms with Gasteiger partial charge < -0.3 is 19.4 Å². The second-order valence-corrected chi connectivity index (χ2v) is 5.35. The minimum Gasteiger partial charge on any atom is -0.545 e. The first kappa shape index (κ1) is 15.8. The highest BCUT2D eigenvalue weighted by Crippen LogP contribution is 2.38. The van der Waals surface area contributed by atoms with E-state index in [1.54, 1.807) is 31.4 Å². The molecule has 0 unspecified atom stereocenters. The number of aromatic nitrogens is 1. The van der Waals surface area contributed by atoms with Gasteiger partial charge in [-0.05, 0) is 30.7 Å². The fourth-order valence-electron chi connectivity index (χ4n) is 2.79. The number of carboxylic acids is 1. The first-order valence-electron chi connectivity index (χ1n) is 7.40. The number of rotatable bonds is 4. The minimum atomic E-state index is -1.24. The number of hydrogen-bond acceptors (Lipinski definition) is 5. The fourth-order valence-corrected chi connectivity index (χ4v) is 2.79. The molecule has 0 fully saturated rings. The number of pyridine rings is 1. The number of benzene rings is 2. The summed E-state index contributed by atoms with van der Waals surface area (Å²) in [4.78, 5) is 16.2. The van der Waals surface area contributed by atoms with E-state index in [2.05, 4.69) is 4.98 Å². The normalized spacial score (nSPS) is 10.6. The van der Waals surface area contributed by atoms with Crippen molar-refractivity contribution in [2.75, 3.05) is 14.2 Å². The first-order chi connectivity index (χ1) is 11.6. The van der Waals surface area contributed by atoms with Crippen LogP contribution in [0.5, 0.6) is 11.5 Å². The van der Waals surface area contributed by atoms with Crippen LogP contribution < -0.4 is 14.6 Å². The molecule has 0 radical (unpaired) electrons. The monoisotopic (exact) mass is 322 g/mol. The number of aromatic carboxylic acids is 1. The van der Waals surface area contributed by atoms with Gasteiger partial charge in [-0.2, -0.15) is 0 Å². The van der Waals surface area contributed by atoms with Crippen LogP contribution in [0.4, 0.5) is 0 Å². The molecule has 0 N–H and O–H groups in total. The average molecular weight is 322 g/mol. The summed E-state index contributed by atoms with van der Waals surface area (Å²) in [6.45, 7) is 1.89. The highest BCUT2D eigenvalue weighted by Gasteiger charge is 2.15. The van der Waals surface area contributed by atoms with Crippen LogP contribution >= 0.6 is 0 Å². The van der Waals surface area contributed by atoms with Gasteiger partial charge in [0.05, 0.1) is 31.4 Å². The van der Waals surface area contributed by atoms with Crippen LogP contribution in [0.25, 0.3) is 22.2 Å². The lowest BCUT2D eigenvalue weighted by Gasteiger charge is -2.15. The van der Waals surface area contributed by atoms with Crippen molar-refractivity contribution in [1.82, 2.24) is 4.98 Å². The molecular weight excluding hydrogens is 306 g/mol. The predicted molar refractivity (Wildman–Crippen MR) is 89.4 cm³/mol. The van der Waals surface area contributed by atoms with Crippen LogP contribution in [0.2, 0.25) is 0 Å². The Morgan fingerprint density at radius 3 is 2.50 bits per heavy atom. The SMILES string of the molecule is COc1cccc(-c2cc(C(=O)[O-])c3cccc(C)c3n2)c1OC. The maximum Gasteiger partial charge on any atom is 0.170 e. The molecule has 24 heavy (non-hydrogen) atoms. The number of carbonyl (C=O) groups is 1. The maximum atomic E-state index is 11.6. The number of hydrogen-bond donors (Lipinski definition) is 0. The molecule has 0 aliphatic carbocycles. The smallest absolute Gasteiger partial charge is 0.170 e. The third-order valence-corrected chi connectivity index (χ3v) is 3.94. The van der Waals surface area contributed by atoms with E-state index < -0.39 is 5.97 Å². The number of fused-ring (bicyclic) bond motifs is 1. The molecule has 122 valence electrons. The lowest BCUT2D eigenvalue weighted by Crippen LogP contribution is -2.22. The van der Waals surface area contributed by atoms with Crippen LogP contribution in [-0.2, 0) is 0 Å². The topological polar surface area (TPSA) is 71.5 Å². The van der Waals surface area contributed by atoms with Crippen molar-refractivity contribution in [3.8, 4) is 22.8 Å². The molecule has 0 saturated carbocycles. The van der Waals surface area contributed by atoms with Crippen LogP contribution in [0, 0.1) is 6.92 Å². The Balaban J connectivity index is 2.36. The molecule has 0 atom stereocenters. The molecule has 0 bridgehead atoms. The molecule has 5 nitrogen and oxygen atoms in total. The summed E-state index contributed by atoms with van der Waals surface area (Å²) in [7, 11) is 3.08. The molecule has 3 rings (SSSR count). The second-order valence-electron chi connectivity index (χ2n) is 5.35. The zero-order valence-corrected chi connectivity index (χ0v) is 13.6. The van der Waals surface area contributed by atoms with E-state index in [0.717, 1.165) is 5.56 Å². The van der Waals surface area contributed by atoms with E-state index in [-0.39, 0.29) is 5.56 Å². The fraction of sp³-hybridized carbons (Fsp3) is 0.158. The van der Waals surface area contributed by atoms with Crippen LogP contribution in [-0.4, -0.2) is 25.2 Å². The zero-order chi connectivity index (χ0) is 17.3. The van der Waals surface area contributed by atoms with E-state index in [1.807, 2.05) is 19.1 Å². The van der Waals surface area contributed by atoms with Crippen molar-refractivity contribution in [3.05, 3.63) is 53.6 Å². The molecule has 3 aromatic rings. The average Bonchev–Trinajstić information content (AvgIpc) is 2.60. The van der Waals surface area contributed by atoms with Gasteiger partial charge in [-0.3, -0.25) is 0 Å². The third kappa shape index (κ3) is 2.54. The number of nitrogens with zero attached hydrogens (tertiary/aromatic N) is 1. The largest absolute Gasteiger partial charge is 0.545 e. The van der Waals surface area contributed by atoms with Gasteiger partial charge in [0, 0.05) is 16.5 Å². The van der Waals surface area contributed by atoms with E-state index in [1.165, 1.54) is 13.2 Å². The molecule has 0 saturated heterocycles. The highest BCUT2D eigenvalue weighted by atomic mass is 16.5. The molecule has 1 heterocycles. The van der Waals surface area contributed by atoms with Crippen LogP contribution in [0.1, 0.15) is 15.9 Å². The number of carboxylic acid groups (broad SMARTS) is 1. The number of para-hydroxylation sites is 2. The van der Waals surface area contributed by atoms with Crippen LogP contribution in [0.15, 0.2) is 42.5 Å². The third-order valence-electron chi connectivity index (χ3n) is 3.94. The van der Waals surface area contributed by atoms with E-state index in [0.29, 0.717) is 33.7 Å². The molecule has 5 heteroatoms. The van der Waals surface area contributed by atoms with Gasteiger partial charge in [-0.25, -0.2) is 4.98 Å². The van der Waals surface area contributed by atoms with Gasteiger partial charge in [0.2, 0.25) is 0 Å². The van der Waals surface area contributed by atoms with Gasteiger partial charge >= 0.3 is 0 Å². The summed E-state index contributed by atoms with van der Waals surface area (Å²) < 4.78 is 10.7. The van der Waals surface area contributed by atoms with Crippen molar-refractivity contribution in [3.63, 3.8) is 0 Å². The summed E-state index contributed by atoms with van der Waals surface area (Å²) in [6, 6.07) is 12.3. The number of ether oxygens (including phenoxy) is 2. The van der Waals surface area contributed by atoms with Gasteiger partial charge in [0.15, 0.2) is 11.5 Å². The van der Waals surface area contributed by atoms with Crippen molar-refractivity contribution >= 4 is 16.9 Å². The Labute approximate surface area is 139 Å². The molecule has 0 aliphatic heterocycles. The molecular formula is C19H16NO4-. The lowest BCUT2D eigenvalue weighted by molar-refractivity contribution is -0.254. The van der Waals surface area contributed by atoms with Gasteiger partial charge in [0.1, 0.15) is 0 Å². The Kier molecular flexibility index (Phi) is 4.08. The number of methoxy groups -OCH3 is 2. The Morgan fingerprint density at radius 1 is 1.08 bits per heavy atom. The molecule has 0 spiro atoms. The Bertz CT molecular complexity index is 934. The van der Waals surface area contributed by atoms with Gasteiger partial charge in [-0.15, -0.1) is 0 Å².